The van der Waals surface area contributed by atoms with Gasteiger partial charge in [-0.25, -0.2) is 4.98 Å². The number of pyridine rings is 1. The van der Waals surface area contributed by atoms with E-state index in [2.05, 4.69) is 27.9 Å². The Balaban J connectivity index is 2.18. The molecule has 1 aliphatic carbocycles. The number of aryl methyl sites for hydroxylation is 3. The van der Waals surface area contributed by atoms with Crippen LogP contribution in [-0.4, -0.2) is 15.0 Å². The highest BCUT2D eigenvalue weighted by atomic mass is 32.1. The molecule has 92 valence electrons. The van der Waals surface area contributed by atoms with Crippen LogP contribution in [-0.2, 0) is 12.8 Å². The molecule has 0 bridgehead atoms. The average molecular weight is 257 g/mol. The van der Waals surface area contributed by atoms with Gasteiger partial charge in [-0.15, -0.1) is 0 Å². The topological polar surface area (TPSA) is 41.6 Å². The number of H-pyrrole nitrogens is 1. The normalized spacial score (nSPS) is 13.7. The van der Waals surface area contributed by atoms with Crippen LogP contribution in [0.2, 0.25) is 0 Å². The van der Waals surface area contributed by atoms with E-state index in [0.29, 0.717) is 0 Å². The lowest BCUT2D eigenvalue weighted by Gasteiger charge is -2.08. The standard InChI is InChI=1S/C14H15N3S/c1-8-6-9(2)12(15-7-8)13-16-11-5-3-4-10(11)14(18)17-13/h6-7H,3-5H2,1-2H3,(H,16,17,18). The molecule has 18 heavy (non-hydrogen) atoms. The Morgan fingerprint density at radius 3 is 2.89 bits per heavy atom. The molecule has 2 aromatic heterocycles. The molecule has 0 saturated heterocycles. The quantitative estimate of drug-likeness (QED) is 0.797. The summed E-state index contributed by atoms with van der Waals surface area (Å²) in [6.07, 6.45) is 5.16. The van der Waals surface area contributed by atoms with Crippen LogP contribution < -0.4 is 0 Å². The zero-order valence-corrected chi connectivity index (χ0v) is 11.4. The summed E-state index contributed by atoms with van der Waals surface area (Å²) in [7, 11) is 0. The fraction of sp³-hybridized carbons (Fsp3) is 0.357. The van der Waals surface area contributed by atoms with Gasteiger partial charge in [0.25, 0.3) is 0 Å². The van der Waals surface area contributed by atoms with E-state index in [1.165, 1.54) is 17.7 Å². The molecule has 0 radical (unpaired) electrons. The SMILES string of the molecule is Cc1cnc(-c2nc(=S)c3c([nH]2)CCC3)c(C)c1. The van der Waals surface area contributed by atoms with Gasteiger partial charge >= 0.3 is 0 Å². The van der Waals surface area contributed by atoms with E-state index in [1.54, 1.807) is 0 Å². The molecule has 4 heteroatoms. The van der Waals surface area contributed by atoms with Gasteiger partial charge in [0.15, 0.2) is 5.82 Å². The Bertz CT molecular complexity index is 673. The number of fused-ring (bicyclic) bond motifs is 1. The maximum absolute atomic E-state index is 5.38. The largest absolute Gasteiger partial charge is 0.342 e. The monoisotopic (exact) mass is 257 g/mol. The second kappa shape index (κ2) is 4.28. The molecule has 0 amide bonds. The highest BCUT2D eigenvalue weighted by molar-refractivity contribution is 7.71. The predicted molar refractivity (Wildman–Crippen MR) is 74.2 cm³/mol. The van der Waals surface area contributed by atoms with Gasteiger partial charge in [0.1, 0.15) is 10.3 Å². The van der Waals surface area contributed by atoms with E-state index in [-0.39, 0.29) is 0 Å². The molecule has 1 N–H and O–H groups in total. The van der Waals surface area contributed by atoms with E-state index in [9.17, 15) is 0 Å². The maximum atomic E-state index is 5.38. The number of nitrogens with zero attached hydrogens (tertiary/aromatic N) is 2. The molecule has 1 aliphatic rings. The summed E-state index contributed by atoms with van der Waals surface area (Å²) in [5, 5.41) is 0. The van der Waals surface area contributed by atoms with Gasteiger partial charge in [-0.1, -0.05) is 18.3 Å². The number of nitrogens with one attached hydrogen (secondary N) is 1. The van der Waals surface area contributed by atoms with E-state index in [0.717, 1.165) is 40.1 Å². The van der Waals surface area contributed by atoms with Crippen LogP contribution in [0, 0.1) is 18.5 Å². The van der Waals surface area contributed by atoms with Gasteiger partial charge in [-0.2, -0.15) is 0 Å². The fourth-order valence-electron chi connectivity index (χ4n) is 2.53. The van der Waals surface area contributed by atoms with Gasteiger partial charge in [0, 0.05) is 17.5 Å². The van der Waals surface area contributed by atoms with Crippen molar-refractivity contribution in [2.24, 2.45) is 0 Å². The Labute approximate surface area is 111 Å². The Kier molecular flexibility index (Phi) is 2.74. The van der Waals surface area contributed by atoms with Gasteiger partial charge in [-0.05, 0) is 44.2 Å². The van der Waals surface area contributed by atoms with Crippen LogP contribution >= 0.6 is 12.2 Å². The second-order valence-electron chi connectivity index (χ2n) is 4.88. The highest BCUT2D eigenvalue weighted by Crippen LogP contribution is 2.24. The number of aromatic amines is 1. The number of rotatable bonds is 1. The van der Waals surface area contributed by atoms with Gasteiger partial charge in [0.05, 0.1) is 0 Å². The summed E-state index contributed by atoms with van der Waals surface area (Å²) in [5.41, 5.74) is 5.66. The predicted octanol–water partition coefficient (Wildman–Crippen LogP) is 3.31. The lowest BCUT2D eigenvalue weighted by atomic mass is 10.1. The number of aromatic nitrogens is 3. The van der Waals surface area contributed by atoms with Crippen molar-refractivity contribution in [3.05, 3.63) is 39.3 Å². The Hall–Kier alpha value is -1.55. The minimum Gasteiger partial charge on any atom is -0.342 e. The molecule has 3 rings (SSSR count). The van der Waals surface area contributed by atoms with Crippen molar-refractivity contribution < 1.29 is 0 Å². The van der Waals surface area contributed by atoms with Crippen molar-refractivity contribution in [3.63, 3.8) is 0 Å². The zero-order chi connectivity index (χ0) is 12.7. The van der Waals surface area contributed by atoms with Crippen LogP contribution in [0.5, 0.6) is 0 Å². The fourth-order valence-corrected chi connectivity index (χ4v) is 2.85. The first-order chi connectivity index (χ1) is 8.65. The molecule has 0 fully saturated rings. The van der Waals surface area contributed by atoms with Gasteiger partial charge in [0.2, 0.25) is 0 Å². The molecule has 0 aromatic carbocycles. The first-order valence-corrected chi connectivity index (χ1v) is 6.61. The summed E-state index contributed by atoms with van der Waals surface area (Å²) in [5.74, 6) is 0.804. The van der Waals surface area contributed by atoms with Crippen molar-refractivity contribution in [1.82, 2.24) is 15.0 Å². The lowest BCUT2D eigenvalue weighted by molar-refractivity contribution is 0.899. The summed E-state index contributed by atoms with van der Waals surface area (Å²) >= 11 is 5.38. The minimum absolute atomic E-state index is 0.734. The molecule has 0 unspecified atom stereocenters. The molecular weight excluding hydrogens is 242 g/mol. The molecule has 0 atom stereocenters. The molecule has 3 nitrogen and oxygen atoms in total. The van der Waals surface area contributed by atoms with E-state index in [1.807, 2.05) is 13.1 Å². The Morgan fingerprint density at radius 2 is 2.11 bits per heavy atom. The van der Waals surface area contributed by atoms with E-state index >= 15 is 0 Å². The minimum atomic E-state index is 0.734. The summed E-state index contributed by atoms with van der Waals surface area (Å²) in [6.45, 7) is 4.10. The van der Waals surface area contributed by atoms with Crippen molar-refractivity contribution in [3.8, 4) is 11.5 Å². The first kappa shape index (κ1) is 11.5. The van der Waals surface area contributed by atoms with Crippen LogP contribution in [0.4, 0.5) is 0 Å². The van der Waals surface area contributed by atoms with Crippen molar-refractivity contribution in [2.75, 3.05) is 0 Å². The molecule has 0 spiro atoms. The Morgan fingerprint density at radius 1 is 1.28 bits per heavy atom. The molecule has 2 heterocycles. The molecule has 0 aliphatic heterocycles. The van der Waals surface area contributed by atoms with Crippen LogP contribution in [0.25, 0.3) is 11.5 Å². The third-order valence-corrected chi connectivity index (χ3v) is 3.74. The van der Waals surface area contributed by atoms with Crippen molar-refractivity contribution >= 4 is 12.2 Å². The summed E-state index contributed by atoms with van der Waals surface area (Å²) < 4.78 is 0.734. The molecule has 2 aromatic rings. The highest BCUT2D eigenvalue weighted by Gasteiger charge is 2.16. The van der Waals surface area contributed by atoms with Crippen LogP contribution in [0.15, 0.2) is 12.3 Å². The van der Waals surface area contributed by atoms with E-state index in [4.69, 9.17) is 12.2 Å². The molecule has 0 saturated carbocycles. The average Bonchev–Trinajstić information content (AvgIpc) is 2.77. The lowest BCUT2D eigenvalue weighted by Crippen LogP contribution is -2.00. The van der Waals surface area contributed by atoms with Crippen molar-refractivity contribution in [2.45, 2.75) is 33.1 Å². The second-order valence-corrected chi connectivity index (χ2v) is 5.27. The van der Waals surface area contributed by atoms with Crippen LogP contribution in [0.3, 0.4) is 0 Å². The van der Waals surface area contributed by atoms with Crippen LogP contribution in [0.1, 0.15) is 28.8 Å². The first-order valence-electron chi connectivity index (χ1n) is 6.21. The smallest absolute Gasteiger partial charge is 0.158 e. The van der Waals surface area contributed by atoms with Crippen molar-refractivity contribution in [1.29, 1.82) is 0 Å². The van der Waals surface area contributed by atoms with E-state index < -0.39 is 0 Å². The maximum Gasteiger partial charge on any atom is 0.158 e. The van der Waals surface area contributed by atoms with Gasteiger partial charge < -0.3 is 4.98 Å². The number of hydrogen-bond donors (Lipinski definition) is 1. The third kappa shape index (κ3) is 1.86. The zero-order valence-electron chi connectivity index (χ0n) is 10.6. The summed E-state index contributed by atoms with van der Waals surface area (Å²) in [6, 6.07) is 2.12. The molecular formula is C14H15N3S. The van der Waals surface area contributed by atoms with Gasteiger partial charge in [-0.3, -0.25) is 4.98 Å². The third-order valence-electron chi connectivity index (χ3n) is 3.40. The number of hydrogen-bond acceptors (Lipinski definition) is 3. The summed E-state index contributed by atoms with van der Waals surface area (Å²) in [4.78, 5) is 12.4.